The molecule has 1 aliphatic rings. The molecule has 0 atom stereocenters. The second-order valence-corrected chi connectivity index (χ2v) is 9.21. The topological polar surface area (TPSA) is 72.9 Å². The number of hydrogen-bond donors (Lipinski definition) is 0. The van der Waals surface area contributed by atoms with Crippen molar-refractivity contribution in [3.63, 3.8) is 0 Å². The van der Waals surface area contributed by atoms with Gasteiger partial charge in [-0.25, -0.2) is 17.2 Å². The number of carbonyl (C=O) groups is 1. The van der Waals surface area contributed by atoms with Gasteiger partial charge in [-0.15, -0.1) is 0 Å². The van der Waals surface area contributed by atoms with E-state index < -0.39 is 33.5 Å². The Labute approximate surface area is 180 Å². The summed E-state index contributed by atoms with van der Waals surface area (Å²) in [5.74, 6) is -2.42. The molecule has 0 N–H and O–H groups in total. The predicted molar refractivity (Wildman–Crippen MR) is 110 cm³/mol. The summed E-state index contributed by atoms with van der Waals surface area (Å²) in [6.45, 7) is 2.57. The van der Waals surface area contributed by atoms with Gasteiger partial charge in [0.25, 0.3) is 0 Å². The highest BCUT2D eigenvalue weighted by atomic mass is 32.2. The first-order chi connectivity index (χ1) is 14.8. The lowest BCUT2D eigenvalue weighted by molar-refractivity contribution is -0.150. The van der Waals surface area contributed by atoms with Gasteiger partial charge in [0.1, 0.15) is 19.0 Å². The van der Waals surface area contributed by atoms with Crippen molar-refractivity contribution in [1.29, 1.82) is 0 Å². The number of benzene rings is 2. The smallest absolute Gasteiger partial charge is 0.309 e. The average Bonchev–Trinajstić information content (AvgIpc) is 2.78. The minimum Gasteiger partial charge on any atom is -0.490 e. The van der Waals surface area contributed by atoms with E-state index in [1.54, 1.807) is 0 Å². The van der Waals surface area contributed by atoms with Crippen LogP contribution in [0.15, 0.2) is 47.4 Å². The lowest BCUT2D eigenvalue weighted by atomic mass is 9.98. The van der Waals surface area contributed by atoms with E-state index >= 15 is 0 Å². The molecular formula is C22H25F2NO5S. The molecule has 6 nitrogen and oxygen atoms in total. The highest BCUT2D eigenvalue weighted by Gasteiger charge is 2.33. The maximum absolute atomic E-state index is 13.4. The van der Waals surface area contributed by atoms with E-state index in [2.05, 4.69) is 6.92 Å². The van der Waals surface area contributed by atoms with E-state index in [4.69, 9.17) is 9.47 Å². The van der Waals surface area contributed by atoms with E-state index in [1.807, 2.05) is 24.3 Å². The Morgan fingerprint density at radius 3 is 2.48 bits per heavy atom. The van der Waals surface area contributed by atoms with Gasteiger partial charge in [-0.05, 0) is 55.2 Å². The van der Waals surface area contributed by atoms with Gasteiger partial charge in [0.15, 0.2) is 11.6 Å². The summed E-state index contributed by atoms with van der Waals surface area (Å²) in [4.78, 5) is 12.0. The van der Waals surface area contributed by atoms with Crippen LogP contribution < -0.4 is 4.74 Å². The minimum atomic E-state index is -3.95. The van der Waals surface area contributed by atoms with Crippen molar-refractivity contribution >= 4 is 16.0 Å². The number of piperidine rings is 1. The highest BCUT2D eigenvalue weighted by Crippen LogP contribution is 2.25. The maximum Gasteiger partial charge on any atom is 0.309 e. The molecule has 0 saturated carbocycles. The molecule has 3 rings (SSSR count). The van der Waals surface area contributed by atoms with Crippen molar-refractivity contribution in [2.24, 2.45) is 5.92 Å². The van der Waals surface area contributed by atoms with Gasteiger partial charge in [0, 0.05) is 13.1 Å². The van der Waals surface area contributed by atoms with Crippen LogP contribution in [0.1, 0.15) is 25.3 Å². The van der Waals surface area contributed by atoms with E-state index in [0.717, 1.165) is 24.1 Å². The minimum absolute atomic E-state index is 0.0986. The standard InChI is InChI=1S/C22H25F2NO5S/c1-2-16-4-3-5-18(14-16)29-12-13-30-22(26)17-8-10-25(11-9-17)31(27,28)19-6-7-20(23)21(24)15-19/h3-7,14-15,17H,2,8-13H2,1H3. The molecule has 1 heterocycles. The lowest BCUT2D eigenvalue weighted by Crippen LogP contribution is -2.40. The maximum atomic E-state index is 13.4. The molecule has 0 aromatic heterocycles. The number of halogens is 2. The van der Waals surface area contributed by atoms with Crippen LogP contribution in [-0.4, -0.2) is 45.0 Å². The third-order valence-electron chi connectivity index (χ3n) is 5.22. The van der Waals surface area contributed by atoms with Crippen molar-refractivity contribution < 1.29 is 31.5 Å². The van der Waals surface area contributed by atoms with Gasteiger partial charge in [-0.1, -0.05) is 19.1 Å². The fraction of sp³-hybridized carbons (Fsp3) is 0.409. The molecule has 168 valence electrons. The van der Waals surface area contributed by atoms with E-state index in [0.29, 0.717) is 24.7 Å². The third kappa shape index (κ3) is 5.80. The number of carbonyl (C=O) groups excluding carboxylic acids is 1. The Bertz CT molecular complexity index is 1020. The first kappa shape index (κ1) is 23.1. The van der Waals surface area contributed by atoms with Crippen molar-refractivity contribution in [3.8, 4) is 5.75 Å². The Kier molecular flexibility index (Phi) is 7.61. The fourth-order valence-electron chi connectivity index (χ4n) is 3.39. The molecule has 0 amide bonds. The molecule has 1 aliphatic heterocycles. The quantitative estimate of drug-likeness (QED) is 0.452. The van der Waals surface area contributed by atoms with Crippen molar-refractivity contribution in [2.75, 3.05) is 26.3 Å². The molecule has 0 aliphatic carbocycles. The van der Waals surface area contributed by atoms with Crippen LogP contribution in [-0.2, 0) is 26.0 Å². The Morgan fingerprint density at radius 2 is 1.81 bits per heavy atom. The summed E-state index contributed by atoms with van der Waals surface area (Å²) in [7, 11) is -3.95. The lowest BCUT2D eigenvalue weighted by Gasteiger charge is -2.30. The zero-order valence-corrected chi connectivity index (χ0v) is 18.0. The summed E-state index contributed by atoms with van der Waals surface area (Å²) >= 11 is 0. The Hall–Kier alpha value is -2.52. The van der Waals surface area contributed by atoms with Crippen molar-refractivity contribution in [1.82, 2.24) is 4.31 Å². The van der Waals surface area contributed by atoms with Crippen LogP contribution in [0.2, 0.25) is 0 Å². The largest absolute Gasteiger partial charge is 0.490 e. The van der Waals surface area contributed by atoms with E-state index in [9.17, 15) is 22.0 Å². The third-order valence-corrected chi connectivity index (χ3v) is 7.11. The molecule has 1 saturated heterocycles. The molecule has 2 aromatic carbocycles. The monoisotopic (exact) mass is 453 g/mol. The number of esters is 1. The van der Waals surface area contributed by atoms with Crippen LogP contribution in [0, 0.1) is 17.6 Å². The summed E-state index contributed by atoms with van der Waals surface area (Å²) in [5.41, 5.74) is 1.15. The number of rotatable bonds is 8. The second-order valence-electron chi connectivity index (χ2n) is 7.27. The zero-order chi connectivity index (χ0) is 22.4. The van der Waals surface area contributed by atoms with Gasteiger partial charge in [0.05, 0.1) is 10.8 Å². The SMILES string of the molecule is CCc1cccc(OCCOC(=O)C2CCN(S(=O)(=O)c3ccc(F)c(F)c3)CC2)c1. The molecule has 0 radical (unpaired) electrons. The molecule has 0 spiro atoms. The first-order valence-corrected chi connectivity index (χ1v) is 11.6. The average molecular weight is 454 g/mol. The molecular weight excluding hydrogens is 428 g/mol. The first-order valence-electron chi connectivity index (χ1n) is 10.1. The molecule has 31 heavy (non-hydrogen) atoms. The Balaban J connectivity index is 1.45. The van der Waals surface area contributed by atoms with Crippen molar-refractivity contribution in [2.45, 2.75) is 31.1 Å². The van der Waals surface area contributed by atoms with Crippen LogP contribution >= 0.6 is 0 Å². The van der Waals surface area contributed by atoms with E-state index in [-0.39, 0.29) is 31.2 Å². The summed E-state index contributed by atoms with van der Waals surface area (Å²) in [6, 6.07) is 10.2. The number of hydrogen-bond acceptors (Lipinski definition) is 5. The molecule has 9 heteroatoms. The van der Waals surface area contributed by atoms with Gasteiger partial charge < -0.3 is 9.47 Å². The molecule has 1 fully saturated rings. The van der Waals surface area contributed by atoms with Gasteiger partial charge in [-0.3, -0.25) is 4.79 Å². The van der Waals surface area contributed by atoms with E-state index in [1.165, 1.54) is 4.31 Å². The predicted octanol–water partition coefficient (Wildman–Crippen LogP) is 3.55. The number of ether oxygens (including phenoxy) is 2. The summed E-state index contributed by atoms with van der Waals surface area (Å²) < 4.78 is 63.8. The van der Waals surface area contributed by atoms with Gasteiger partial charge in [0.2, 0.25) is 10.0 Å². The van der Waals surface area contributed by atoms with Crippen LogP contribution in [0.25, 0.3) is 0 Å². The summed E-state index contributed by atoms with van der Waals surface area (Å²) in [5, 5.41) is 0. The van der Waals surface area contributed by atoms with Crippen LogP contribution in [0.4, 0.5) is 8.78 Å². The molecule has 0 unspecified atom stereocenters. The van der Waals surface area contributed by atoms with Crippen LogP contribution in [0.3, 0.4) is 0 Å². The fourth-order valence-corrected chi connectivity index (χ4v) is 4.88. The molecule has 0 bridgehead atoms. The number of nitrogens with zero attached hydrogens (tertiary/aromatic N) is 1. The van der Waals surface area contributed by atoms with Gasteiger partial charge >= 0.3 is 5.97 Å². The van der Waals surface area contributed by atoms with Crippen molar-refractivity contribution in [3.05, 3.63) is 59.7 Å². The number of aryl methyl sites for hydroxylation is 1. The highest BCUT2D eigenvalue weighted by molar-refractivity contribution is 7.89. The van der Waals surface area contributed by atoms with Gasteiger partial charge in [-0.2, -0.15) is 4.31 Å². The molecule has 2 aromatic rings. The van der Waals surface area contributed by atoms with Crippen LogP contribution in [0.5, 0.6) is 5.75 Å². The zero-order valence-electron chi connectivity index (χ0n) is 17.2. The second kappa shape index (κ2) is 10.2. The summed E-state index contributed by atoms with van der Waals surface area (Å²) in [6.07, 6.45) is 1.49. The Morgan fingerprint density at radius 1 is 1.06 bits per heavy atom. The number of sulfonamides is 1. The normalized spacial score (nSPS) is 15.6.